The molecule has 0 bridgehead atoms. The van der Waals surface area contributed by atoms with E-state index in [1.54, 1.807) is 29.2 Å². The Morgan fingerprint density at radius 3 is 2.09 bits per heavy atom. The van der Waals surface area contributed by atoms with Crippen molar-refractivity contribution in [2.75, 3.05) is 26.2 Å². The van der Waals surface area contributed by atoms with Crippen LogP contribution in [0.3, 0.4) is 0 Å². The van der Waals surface area contributed by atoms with E-state index in [4.69, 9.17) is 11.6 Å². The maximum atomic E-state index is 13.4. The summed E-state index contributed by atoms with van der Waals surface area (Å²) >= 11 is 5.98. The van der Waals surface area contributed by atoms with Crippen LogP contribution in [0.1, 0.15) is 57.4 Å². The van der Waals surface area contributed by atoms with Gasteiger partial charge in [0, 0.05) is 10.6 Å². The summed E-state index contributed by atoms with van der Waals surface area (Å²) < 4.78 is 0. The van der Waals surface area contributed by atoms with Crippen LogP contribution in [-0.4, -0.2) is 42.8 Å². The number of hydrogen-bond donors (Lipinski definition) is 1. The summed E-state index contributed by atoms with van der Waals surface area (Å²) in [5, 5.41) is 13.9. The highest BCUT2D eigenvalue weighted by atomic mass is 35.5. The van der Waals surface area contributed by atoms with Gasteiger partial charge in [-0.15, -0.1) is 0 Å². The van der Waals surface area contributed by atoms with Crippen LogP contribution in [0.15, 0.2) is 54.1 Å². The number of Topliss-reactive ketones (excluding diaryl/α,β-unsaturated/α-hetero) is 1. The summed E-state index contributed by atoms with van der Waals surface area (Å²) in [5.74, 6) is -1.74. The first-order chi connectivity index (χ1) is 15.6. The van der Waals surface area contributed by atoms with Gasteiger partial charge in [0.2, 0.25) is 5.78 Å². The van der Waals surface area contributed by atoms with Crippen molar-refractivity contribution >= 4 is 29.1 Å². The number of nitrogens with one attached hydrogen (secondary N) is 1. The molecule has 2 aromatic rings. The van der Waals surface area contributed by atoms with Crippen molar-refractivity contribution in [1.29, 1.82) is 0 Å². The zero-order chi connectivity index (χ0) is 24.3. The van der Waals surface area contributed by atoms with Gasteiger partial charge in [-0.05, 0) is 48.1 Å². The monoisotopic (exact) mass is 468 g/mol. The predicted molar refractivity (Wildman–Crippen MR) is 130 cm³/mol. The molecule has 1 N–H and O–H groups in total. The molecule has 1 aliphatic heterocycles. The van der Waals surface area contributed by atoms with E-state index in [2.05, 4.69) is 34.6 Å². The first-order valence-electron chi connectivity index (χ1n) is 11.5. The molecule has 1 saturated heterocycles. The minimum Gasteiger partial charge on any atom is -0.872 e. The van der Waals surface area contributed by atoms with Crippen LogP contribution in [0.25, 0.3) is 5.76 Å². The number of amides is 1. The Hall–Kier alpha value is -2.63. The third-order valence-corrected chi connectivity index (χ3v) is 6.69. The molecule has 1 fully saturated rings. The van der Waals surface area contributed by atoms with Gasteiger partial charge in [-0.25, -0.2) is 0 Å². The Morgan fingerprint density at radius 1 is 1.00 bits per heavy atom. The molecule has 0 aliphatic carbocycles. The molecule has 1 unspecified atom stereocenters. The lowest BCUT2D eigenvalue weighted by Crippen LogP contribution is -3.12. The zero-order valence-corrected chi connectivity index (χ0v) is 20.8. The minimum absolute atomic E-state index is 0.0142. The maximum Gasteiger partial charge on any atom is 0.295 e. The highest BCUT2D eigenvalue weighted by Crippen LogP contribution is 2.39. The van der Waals surface area contributed by atoms with E-state index in [9.17, 15) is 14.7 Å². The number of quaternary nitrogens is 1. The van der Waals surface area contributed by atoms with E-state index < -0.39 is 23.5 Å². The zero-order valence-electron chi connectivity index (χ0n) is 20.1. The van der Waals surface area contributed by atoms with Gasteiger partial charge in [0.25, 0.3) is 5.91 Å². The van der Waals surface area contributed by atoms with Gasteiger partial charge in [0.15, 0.2) is 0 Å². The fraction of sp³-hybridized carbons (Fsp3) is 0.407. The molecule has 6 heteroatoms. The molecule has 176 valence electrons. The van der Waals surface area contributed by atoms with Gasteiger partial charge in [-0.2, -0.15) is 0 Å². The lowest BCUT2D eigenvalue weighted by molar-refractivity contribution is -0.895. The first-order valence-corrected chi connectivity index (χ1v) is 11.9. The summed E-state index contributed by atoms with van der Waals surface area (Å²) in [6, 6.07) is 13.6. The second-order valence-corrected chi connectivity index (χ2v) is 10.00. The Balaban J connectivity index is 2.10. The van der Waals surface area contributed by atoms with Crippen molar-refractivity contribution in [2.45, 2.75) is 46.1 Å². The smallest absolute Gasteiger partial charge is 0.295 e. The van der Waals surface area contributed by atoms with Gasteiger partial charge in [-0.1, -0.05) is 74.5 Å². The molecule has 1 aliphatic rings. The number of likely N-dealkylation sites (tertiary alicyclic amines) is 1. The van der Waals surface area contributed by atoms with Crippen molar-refractivity contribution in [3.05, 3.63) is 75.8 Å². The van der Waals surface area contributed by atoms with Gasteiger partial charge < -0.3 is 14.9 Å². The lowest BCUT2D eigenvalue weighted by atomic mass is 9.85. The van der Waals surface area contributed by atoms with E-state index in [1.807, 2.05) is 24.3 Å². The Labute approximate surface area is 201 Å². The number of likely N-dealkylation sites (N-methyl/N-ethyl adjacent to an activating group) is 1. The van der Waals surface area contributed by atoms with Crippen LogP contribution in [0.4, 0.5) is 0 Å². The highest BCUT2D eigenvalue weighted by Gasteiger charge is 2.44. The Kier molecular flexibility index (Phi) is 7.65. The molecular formula is C27H33ClN2O3. The van der Waals surface area contributed by atoms with Gasteiger partial charge >= 0.3 is 0 Å². The van der Waals surface area contributed by atoms with Crippen molar-refractivity contribution < 1.29 is 19.6 Å². The largest absolute Gasteiger partial charge is 0.872 e. The molecule has 1 heterocycles. The molecule has 0 aromatic heterocycles. The van der Waals surface area contributed by atoms with Gasteiger partial charge in [0.05, 0.1) is 32.2 Å². The van der Waals surface area contributed by atoms with Crippen LogP contribution in [0, 0.1) is 0 Å². The quantitative estimate of drug-likeness (QED) is 0.386. The Bertz CT molecular complexity index is 1030. The van der Waals surface area contributed by atoms with Gasteiger partial charge in [-0.3, -0.25) is 9.59 Å². The topological polar surface area (TPSA) is 64.9 Å². The minimum atomic E-state index is -0.714. The van der Waals surface area contributed by atoms with Crippen molar-refractivity contribution in [1.82, 2.24) is 4.90 Å². The molecule has 3 rings (SSSR count). The second kappa shape index (κ2) is 10.1. The van der Waals surface area contributed by atoms with Crippen molar-refractivity contribution in [2.24, 2.45) is 0 Å². The van der Waals surface area contributed by atoms with E-state index in [0.29, 0.717) is 23.7 Å². The number of rotatable bonds is 7. The molecule has 0 saturated carbocycles. The first kappa shape index (κ1) is 25.0. The van der Waals surface area contributed by atoms with Crippen LogP contribution in [0.5, 0.6) is 0 Å². The summed E-state index contributed by atoms with van der Waals surface area (Å²) in [5.41, 5.74) is 2.25. The maximum absolute atomic E-state index is 13.4. The van der Waals surface area contributed by atoms with Crippen molar-refractivity contribution in [3.63, 3.8) is 0 Å². The molecule has 2 aromatic carbocycles. The van der Waals surface area contributed by atoms with Crippen LogP contribution in [-0.2, 0) is 15.0 Å². The highest BCUT2D eigenvalue weighted by molar-refractivity contribution is 6.46. The number of carbonyl (C=O) groups excluding carboxylic acids is 2. The molecule has 1 atom stereocenters. The lowest BCUT2D eigenvalue weighted by Gasteiger charge is -2.29. The summed E-state index contributed by atoms with van der Waals surface area (Å²) in [6.07, 6.45) is 0. The molecule has 1 amide bonds. The summed E-state index contributed by atoms with van der Waals surface area (Å²) in [4.78, 5) is 29.1. The number of carbonyl (C=O) groups is 2. The number of halogens is 1. The number of benzene rings is 2. The van der Waals surface area contributed by atoms with Crippen LogP contribution < -0.4 is 10.0 Å². The Morgan fingerprint density at radius 2 is 1.58 bits per heavy atom. The average molecular weight is 469 g/mol. The predicted octanol–water partition coefficient (Wildman–Crippen LogP) is 2.79. The molecule has 33 heavy (non-hydrogen) atoms. The fourth-order valence-corrected chi connectivity index (χ4v) is 4.38. The number of nitrogens with zero attached hydrogens (tertiary/aromatic N) is 1. The normalized spacial score (nSPS) is 18.4. The molecule has 0 spiro atoms. The standard InChI is InChI=1S/C27H33ClN2O3/c1-6-29(7-2)16-17-30-23(18-8-12-20(13-9-18)27(3,4)5)22(25(32)26(30)33)24(31)19-10-14-21(28)15-11-19/h8-15,23,31H,6-7,16-17H2,1-5H3/b24-22+. The summed E-state index contributed by atoms with van der Waals surface area (Å²) in [6.45, 7) is 13.6. The second-order valence-electron chi connectivity index (χ2n) is 9.56. The number of ketones is 1. The fourth-order valence-electron chi connectivity index (χ4n) is 4.25. The number of hydrogen-bond acceptors (Lipinski definition) is 3. The van der Waals surface area contributed by atoms with Gasteiger partial charge in [0.1, 0.15) is 0 Å². The summed E-state index contributed by atoms with van der Waals surface area (Å²) in [7, 11) is 0. The van der Waals surface area contributed by atoms with Crippen LogP contribution >= 0.6 is 11.6 Å². The average Bonchev–Trinajstić information content (AvgIpc) is 3.04. The van der Waals surface area contributed by atoms with E-state index in [-0.39, 0.29) is 11.0 Å². The molecule has 0 radical (unpaired) electrons. The van der Waals surface area contributed by atoms with E-state index in [0.717, 1.165) is 24.2 Å². The van der Waals surface area contributed by atoms with E-state index in [1.165, 1.54) is 4.90 Å². The third kappa shape index (κ3) is 5.31. The SMILES string of the molecule is CC[NH+](CC)CCN1C(=O)C(=O)/C(=C(/[O-])c2ccc(Cl)cc2)C1c1ccc(C(C)(C)C)cc1. The van der Waals surface area contributed by atoms with Crippen LogP contribution in [0.2, 0.25) is 5.02 Å². The molecular weight excluding hydrogens is 436 g/mol. The molecule has 5 nitrogen and oxygen atoms in total. The van der Waals surface area contributed by atoms with E-state index >= 15 is 0 Å². The van der Waals surface area contributed by atoms with Crippen molar-refractivity contribution in [3.8, 4) is 0 Å². The third-order valence-electron chi connectivity index (χ3n) is 6.43.